The Bertz CT molecular complexity index is 661. The molecule has 1 aliphatic carbocycles. The van der Waals surface area contributed by atoms with Crippen LogP contribution in [0.25, 0.3) is 10.9 Å². The highest BCUT2D eigenvalue weighted by Crippen LogP contribution is 2.29. The maximum atomic E-state index is 13.4. The van der Waals surface area contributed by atoms with Crippen molar-refractivity contribution in [1.29, 1.82) is 0 Å². The molecule has 3 rings (SSSR count). The molecule has 1 aromatic carbocycles. The van der Waals surface area contributed by atoms with E-state index in [9.17, 15) is 9.18 Å². The molecule has 1 fully saturated rings. The molecular weight excluding hydrogens is 259 g/mol. The van der Waals surface area contributed by atoms with Crippen LogP contribution in [0, 0.1) is 12.7 Å². The Kier molecular flexibility index (Phi) is 3.22. The molecule has 1 aromatic heterocycles. The van der Waals surface area contributed by atoms with Gasteiger partial charge in [-0.05, 0) is 43.5 Å². The van der Waals surface area contributed by atoms with E-state index in [0.29, 0.717) is 17.8 Å². The van der Waals surface area contributed by atoms with E-state index in [4.69, 9.17) is 5.11 Å². The monoisotopic (exact) mass is 276 g/mol. The Morgan fingerprint density at radius 3 is 2.85 bits per heavy atom. The lowest BCUT2D eigenvalue weighted by Crippen LogP contribution is -2.35. The molecule has 0 spiro atoms. The number of aromatic amines is 1. The SMILES string of the molecule is Cc1cc(F)cc2[nH]c(C(=O)N(CCO)C3CC3)cc12. The molecule has 0 saturated heterocycles. The van der Waals surface area contributed by atoms with Crippen molar-refractivity contribution in [3.63, 3.8) is 0 Å². The summed E-state index contributed by atoms with van der Waals surface area (Å²) < 4.78 is 13.4. The van der Waals surface area contributed by atoms with Crippen molar-refractivity contribution in [2.45, 2.75) is 25.8 Å². The average molecular weight is 276 g/mol. The topological polar surface area (TPSA) is 56.3 Å². The van der Waals surface area contributed by atoms with Gasteiger partial charge in [-0.15, -0.1) is 0 Å². The van der Waals surface area contributed by atoms with E-state index in [1.165, 1.54) is 12.1 Å². The Balaban J connectivity index is 1.96. The largest absolute Gasteiger partial charge is 0.395 e. The number of hydrogen-bond acceptors (Lipinski definition) is 2. The molecule has 4 nitrogen and oxygen atoms in total. The number of aromatic nitrogens is 1. The number of aliphatic hydroxyl groups excluding tert-OH is 1. The van der Waals surface area contributed by atoms with Gasteiger partial charge in [-0.1, -0.05) is 0 Å². The lowest BCUT2D eigenvalue weighted by atomic mass is 10.1. The lowest BCUT2D eigenvalue weighted by Gasteiger charge is -2.20. The first-order valence-corrected chi connectivity index (χ1v) is 6.81. The minimum atomic E-state index is -0.315. The number of fused-ring (bicyclic) bond motifs is 1. The standard InChI is InChI=1S/C15H17FN2O2/c1-9-6-10(16)7-13-12(9)8-14(17-13)15(20)18(4-5-19)11-2-3-11/h6-8,11,17,19H,2-5H2,1H3. The van der Waals surface area contributed by atoms with E-state index < -0.39 is 0 Å². The Morgan fingerprint density at radius 1 is 1.45 bits per heavy atom. The highest BCUT2D eigenvalue weighted by Gasteiger charge is 2.33. The number of nitrogens with zero attached hydrogens (tertiary/aromatic N) is 1. The highest BCUT2D eigenvalue weighted by molar-refractivity contribution is 5.99. The quantitative estimate of drug-likeness (QED) is 0.899. The molecule has 0 unspecified atom stereocenters. The van der Waals surface area contributed by atoms with Gasteiger partial charge in [0.15, 0.2) is 0 Å². The molecule has 1 amide bonds. The molecule has 1 aliphatic rings. The molecule has 0 bridgehead atoms. The first-order valence-electron chi connectivity index (χ1n) is 6.81. The van der Waals surface area contributed by atoms with Crippen LogP contribution >= 0.6 is 0 Å². The smallest absolute Gasteiger partial charge is 0.270 e. The number of nitrogens with one attached hydrogen (secondary N) is 1. The van der Waals surface area contributed by atoms with Gasteiger partial charge in [0.2, 0.25) is 0 Å². The molecule has 1 saturated carbocycles. The number of carbonyl (C=O) groups excluding carboxylic acids is 1. The zero-order chi connectivity index (χ0) is 14.3. The van der Waals surface area contributed by atoms with Crippen molar-refractivity contribution < 1.29 is 14.3 Å². The van der Waals surface area contributed by atoms with Crippen molar-refractivity contribution in [3.05, 3.63) is 35.3 Å². The zero-order valence-corrected chi connectivity index (χ0v) is 11.3. The molecule has 20 heavy (non-hydrogen) atoms. The number of aliphatic hydroxyl groups is 1. The zero-order valence-electron chi connectivity index (χ0n) is 11.3. The van der Waals surface area contributed by atoms with Crippen molar-refractivity contribution in [2.75, 3.05) is 13.2 Å². The summed E-state index contributed by atoms with van der Waals surface area (Å²) in [5.41, 5.74) is 1.88. The Labute approximate surface area is 116 Å². The fraction of sp³-hybridized carbons (Fsp3) is 0.400. The second kappa shape index (κ2) is 4.90. The number of hydrogen-bond donors (Lipinski definition) is 2. The van der Waals surface area contributed by atoms with Gasteiger partial charge in [-0.2, -0.15) is 0 Å². The van der Waals surface area contributed by atoms with Gasteiger partial charge in [0.1, 0.15) is 11.5 Å². The van der Waals surface area contributed by atoms with Crippen LogP contribution < -0.4 is 0 Å². The van der Waals surface area contributed by atoms with Crippen LogP contribution in [0.2, 0.25) is 0 Å². The predicted molar refractivity (Wildman–Crippen MR) is 74.1 cm³/mol. The summed E-state index contributed by atoms with van der Waals surface area (Å²) >= 11 is 0. The van der Waals surface area contributed by atoms with E-state index in [-0.39, 0.29) is 24.4 Å². The summed E-state index contributed by atoms with van der Waals surface area (Å²) in [6.45, 7) is 2.11. The van der Waals surface area contributed by atoms with Gasteiger partial charge >= 0.3 is 0 Å². The number of H-pyrrole nitrogens is 1. The van der Waals surface area contributed by atoms with Crippen LogP contribution in [0.4, 0.5) is 4.39 Å². The van der Waals surface area contributed by atoms with Gasteiger partial charge in [-0.25, -0.2) is 4.39 Å². The van der Waals surface area contributed by atoms with Gasteiger partial charge < -0.3 is 15.0 Å². The third kappa shape index (κ3) is 2.29. The normalized spacial score (nSPS) is 14.8. The van der Waals surface area contributed by atoms with Crippen molar-refractivity contribution in [2.24, 2.45) is 0 Å². The predicted octanol–water partition coefficient (Wildman–Crippen LogP) is 2.21. The molecular formula is C15H17FN2O2. The molecule has 1 heterocycles. The summed E-state index contributed by atoms with van der Waals surface area (Å²) in [4.78, 5) is 17.1. The Hall–Kier alpha value is -1.88. The number of rotatable bonds is 4. The summed E-state index contributed by atoms with van der Waals surface area (Å²) in [5, 5.41) is 9.93. The fourth-order valence-corrected chi connectivity index (χ4v) is 2.59. The van der Waals surface area contributed by atoms with Crippen LogP contribution in [0.5, 0.6) is 0 Å². The maximum absolute atomic E-state index is 13.4. The molecule has 5 heteroatoms. The van der Waals surface area contributed by atoms with Crippen molar-refractivity contribution >= 4 is 16.8 Å². The van der Waals surface area contributed by atoms with Crippen LogP contribution in [0.15, 0.2) is 18.2 Å². The van der Waals surface area contributed by atoms with E-state index in [0.717, 1.165) is 23.8 Å². The van der Waals surface area contributed by atoms with Gasteiger partial charge in [0, 0.05) is 23.5 Å². The summed E-state index contributed by atoms with van der Waals surface area (Å²) in [5.74, 6) is -0.442. The van der Waals surface area contributed by atoms with Crippen LogP contribution in [0.1, 0.15) is 28.9 Å². The average Bonchev–Trinajstić information content (AvgIpc) is 3.14. The number of amides is 1. The second-order valence-electron chi connectivity index (χ2n) is 5.32. The minimum absolute atomic E-state index is 0.0455. The van der Waals surface area contributed by atoms with E-state index in [2.05, 4.69) is 4.98 Å². The summed E-state index contributed by atoms with van der Waals surface area (Å²) in [6, 6.07) is 4.85. The molecule has 0 radical (unpaired) electrons. The van der Waals surface area contributed by atoms with Gasteiger partial charge in [0.05, 0.1) is 6.61 Å². The molecule has 2 N–H and O–H groups in total. The Morgan fingerprint density at radius 2 is 2.20 bits per heavy atom. The van der Waals surface area contributed by atoms with Gasteiger partial charge in [-0.3, -0.25) is 4.79 Å². The minimum Gasteiger partial charge on any atom is -0.395 e. The summed E-state index contributed by atoms with van der Waals surface area (Å²) in [6.07, 6.45) is 1.97. The summed E-state index contributed by atoms with van der Waals surface area (Å²) in [7, 11) is 0. The highest BCUT2D eigenvalue weighted by atomic mass is 19.1. The van der Waals surface area contributed by atoms with E-state index in [1.807, 2.05) is 6.92 Å². The lowest BCUT2D eigenvalue weighted by molar-refractivity contribution is 0.0702. The first kappa shape index (κ1) is 13.1. The number of benzene rings is 1. The van der Waals surface area contributed by atoms with Gasteiger partial charge in [0.25, 0.3) is 5.91 Å². The van der Waals surface area contributed by atoms with Crippen molar-refractivity contribution in [3.8, 4) is 0 Å². The third-order valence-electron chi connectivity index (χ3n) is 3.73. The van der Waals surface area contributed by atoms with Crippen molar-refractivity contribution in [1.82, 2.24) is 9.88 Å². The van der Waals surface area contributed by atoms with E-state index in [1.54, 1.807) is 11.0 Å². The number of carbonyl (C=O) groups is 1. The van der Waals surface area contributed by atoms with Crippen LogP contribution in [0.3, 0.4) is 0 Å². The third-order valence-corrected chi connectivity index (χ3v) is 3.73. The molecule has 106 valence electrons. The van der Waals surface area contributed by atoms with Crippen LogP contribution in [-0.4, -0.2) is 40.1 Å². The molecule has 0 aliphatic heterocycles. The maximum Gasteiger partial charge on any atom is 0.270 e. The fourth-order valence-electron chi connectivity index (χ4n) is 2.59. The number of aryl methyl sites for hydroxylation is 1. The second-order valence-corrected chi connectivity index (χ2v) is 5.32. The first-order chi connectivity index (χ1) is 9.60. The van der Waals surface area contributed by atoms with E-state index >= 15 is 0 Å². The van der Waals surface area contributed by atoms with Crippen LogP contribution in [-0.2, 0) is 0 Å². The molecule has 2 aromatic rings. The molecule has 0 atom stereocenters. The number of halogens is 1.